The number of benzene rings is 1. The fourth-order valence-electron chi connectivity index (χ4n) is 5.26. The maximum atomic E-state index is 12.6. The zero-order chi connectivity index (χ0) is 22.4. The Morgan fingerprint density at radius 1 is 1.03 bits per heavy atom. The first-order valence-electron chi connectivity index (χ1n) is 11.8. The quantitative estimate of drug-likeness (QED) is 0.681. The third-order valence-corrected chi connectivity index (χ3v) is 7.67. The van der Waals surface area contributed by atoms with Crippen LogP contribution in [0.1, 0.15) is 105 Å². The van der Waals surface area contributed by atoms with E-state index in [1.807, 2.05) is 6.07 Å². The third-order valence-electron chi connectivity index (χ3n) is 7.67. The van der Waals surface area contributed by atoms with E-state index in [-0.39, 0.29) is 28.8 Å². The first-order chi connectivity index (χ1) is 14.5. The molecule has 0 aliphatic heterocycles. The average Bonchev–Trinajstić information content (AvgIpc) is 3.17. The van der Waals surface area contributed by atoms with Crippen LogP contribution in [0.4, 0.5) is 0 Å². The van der Waals surface area contributed by atoms with Crippen molar-refractivity contribution in [1.82, 2.24) is 5.32 Å². The summed E-state index contributed by atoms with van der Waals surface area (Å²) in [6.45, 7) is 11.6. The first kappa shape index (κ1) is 22.1. The molecule has 2 aliphatic rings. The highest BCUT2D eigenvalue weighted by molar-refractivity contribution is 5.91. The summed E-state index contributed by atoms with van der Waals surface area (Å²) in [5.41, 5.74) is 11.9. The van der Waals surface area contributed by atoms with Crippen LogP contribution in [0.15, 0.2) is 28.7 Å². The van der Waals surface area contributed by atoms with Gasteiger partial charge in [-0.2, -0.15) is 0 Å². The van der Waals surface area contributed by atoms with E-state index >= 15 is 0 Å². The van der Waals surface area contributed by atoms with Crippen LogP contribution < -0.4 is 11.1 Å². The van der Waals surface area contributed by atoms with Gasteiger partial charge in [-0.05, 0) is 90.7 Å². The van der Waals surface area contributed by atoms with Crippen molar-refractivity contribution in [3.05, 3.63) is 58.0 Å². The number of hydrogen-bond donors (Lipinski definition) is 2. The number of nitrogens with one attached hydrogen (secondary N) is 1. The summed E-state index contributed by atoms with van der Waals surface area (Å²) in [5, 5.41) is 3.12. The Balaban J connectivity index is 1.50. The van der Waals surface area contributed by atoms with Gasteiger partial charge in [0.25, 0.3) is 5.91 Å². The summed E-state index contributed by atoms with van der Waals surface area (Å²) >= 11 is 0. The lowest BCUT2D eigenvalue weighted by atomic mass is 9.62. The van der Waals surface area contributed by atoms with Crippen molar-refractivity contribution >= 4 is 5.91 Å². The SMILES string of the molecule is Cc1cc2c(cc1Cc1ccc(C(=O)NC3CCC(N)CC3)o1)C(C)(C)CCC2(C)C. The molecule has 0 atom stereocenters. The molecule has 1 amide bonds. The van der Waals surface area contributed by atoms with Gasteiger partial charge < -0.3 is 15.5 Å². The van der Waals surface area contributed by atoms with E-state index < -0.39 is 0 Å². The molecule has 4 rings (SSSR count). The molecule has 1 aromatic carbocycles. The maximum absolute atomic E-state index is 12.6. The molecule has 4 nitrogen and oxygen atoms in total. The van der Waals surface area contributed by atoms with Crippen LogP contribution in [-0.4, -0.2) is 18.0 Å². The number of rotatable bonds is 4. The number of nitrogens with two attached hydrogens (primary N) is 1. The summed E-state index contributed by atoms with van der Waals surface area (Å²) in [6, 6.07) is 9.00. The Kier molecular flexibility index (Phi) is 5.80. The van der Waals surface area contributed by atoms with E-state index in [2.05, 4.69) is 52.1 Å². The lowest BCUT2D eigenvalue weighted by molar-refractivity contribution is 0.0896. The molecule has 0 unspecified atom stereocenters. The fraction of sp³-hybridized carbons (Fsp3) is 0.593. The molecular weight excluding hydrogens is 384 g/mol. The van der Waals surface area contributed by atoms with Crippen LogP contribution in [0.5, 0.6) is 0 Å². The minimum Gasteiger partial charge on any atom is -0.456 e. The molecule has 4 heteroatoms. The normalized spacial score (nSPS) is 24.5. The van der Waals surface area contributed by atoms with Gasteiger partial charge in [-0.25, -0.2) is 0 Å². The van der Waals surface area contributed by atoms with Gasteiger partial charge in [0.2, 0.25) is 0 Å². The molecule has 1 fully saturated rings. The molecular formula is C27H38N2O2. The summed E-state index contributed by atoms with van der Waals surface area (Å²) in [5.74, 6) is 1.13. The molecule has 3 N–H and O–H groups in total. The first-order valence-corrected chi connectivity index (χ1v) is 11.8. The van der Waals surface area contributed by atoms with Crippen molar-refractivity contribution in [2.24, 2.45) is 5.73 Å². The highest BCUT2D eigenvalue weighted by Crippen LogP contribution is 2.46. The highest BCUT2D eigenvalue weighted by Gasteiger charge is 2.37. The molecule has 1 saturated carbocycles. The zero-order valence-corrected chi connectivity index (χ0v) is 19.8. The van der Waals surface area contributed by atoms with Crippen LogP contribution in [0.25, 0.3) is 0 Å². The Bertz CT molecular complexity index is 962. The standard InChI is InChI=1S/C27H38N2O2/c1-17-14-22-23(27(4,5)13-12-26(22,2)3)16-18(17)15-21-10-11-24(31-21)25(30)29-20-8-6-19(28)7-9-20/h10-11,14,16,19-20H,6-9,12-13,15,28H2,1-5H3,(H,29,30). The van der Waals surface area contributed by atoms with Crippen molar-refractivity contribution in [2.75, 3.05) is 0 Å². The molecule has 2 aromatic rings. The maximum Gasteiger partial charge on any atom is 0.287 e. The monoisotopic (exact) mass is 422 g/mol. The zero-order valence-electron chi connectivity index (χ0n) is 19.8. The van der Waals surface area contributed by atoms with Gasteiger partial charge in [0.15, 0.2) is 5.76 Å². The Labute approximate surface area is 187 Å². The van der Waals surface area contributed by atoms with Crippen LogP contribution >= 0.6 is 0 Å². The van der Waals surface area contributed by atoms with Gasteiger partial charge in [-0.15, -0.1) is 0 Å². The average molecular weight is 423 g/mol. The summed E-state index contributed by atoms with van der Waals surface area (Å²) in [4.78, 5) is 12.6. The number of furan rings is 1. The molecule has 168 valence electrons. The van der Waals surface area contributed by atoms with Crippen LogP contribution in [0.3, 0.4) is 0 Å². The molecule has 0 spiro atoms. The fourth-order valence-corrected chi connectivity index (χ4v) is 5.26. The Morgan fingerprint density at radius 3 is 2.29 bits per heavy atom. The number of carbonyl (C=O) groups is 1. The van der Waals surface area contributed by atoms with Crippen molar-refractivity contribution in [3.63, 3.8) is 0 Å². The minimum atomic E-state index is -0.114. The van der Waals surface area contributed by atoms with Crippen molar-refractivity contribution < 1.29 is 9.21 Å². The molecule has 0 radical (unpaired) electrons. The van der Waals surface area contributed by atoms with Crippen molar-refractivity contribution in [2.45, 2.75) is 102 Å². The predicted molar refractivity (Wildman–Crippen MR) is 126 cm³/mol. The van der Waals surface area contributed by atoms with Crippen molar-refractivity contribution in [3.8, 4) is 0 Å². The molecule has 31 heavy (non-hydrogen) atoms. The largest absolute Gasteiger partial charge is 0.456 e. The predicted octanol–water partition coefficient (Wildman–Crippen LogP) is 5.53. The minimum absolute atomic E-state index is 0.114. The van der Waals surface area contributed by atoms with Crippen LogP contribution in [0.2, 0.25) is 0 Å². The van der Waals surface area contributed by atoms with E-state index in [1.165, 1.54) is 35.1 Å². The van der Waals surface area contributed by atoms with E-state index in [0.29, 0.717) is 12.2 Å². The molecule has 0 saturated heterocycles. The Morgan fingerprint density at radius 2 is 1.65 bits per heavy atom. The van der Waals surface area contributed by atoms with Gasteiger partial charge in [-0.3, -0.25) is 4.79 Å². The number of carbonyl (C=O) groups excluding carboxylic acids is 1. The van der Waals surface area contributed by atoms with Crippen LogP contribution in [0, 0.1) is 6.92 Å². The second-order valence-electron chi connectivity index (χ2n) is 11.1. The van der Waals surface area contributed by atoms with E-state index in [9.17, 15) is 4.79 Å². The van der Waals surface area contributed by atoms with E-state index in [1.54, 1.807) is 6.07 Å². The topological polar surface area (TPSA) is 68.3 Å². The second-order valence-corrected chi connectivity index (χ2v) is 11.1. The lowest BCUT2D eigenvalue weighted by Gasteiger charge is -2.42. The summed E-state index contributed by atoms with van der Waals surface area (Å²) in [6.07, 6.45) is 6.96. The third kappa shape index (κ3) is 4.59. The van der Waals surface area contributed by atoms with Gasteiger partial charge in [0, 0.05) is 18.5 Å². The number of amides is 1. The van der Waals surface area contributed by atoms with E-state index in [4.69, 9.17) is 10.2 Å². The van der Waals surface area contributed by atoms with Gasteiger partial charge >= 0.3 is 0 Å². The van der Waals surface area contributed by atoms with Gasteiger partial charge in [0.05, 0.1) is 0 Å². The molecule has 2 aliphatic carbocycles. The smallest absolute Gasteiger partial charge is 0.287 e. The molecule has 1 aromatic heterocycles. The Hall–Kier alpha value is -2.07. The highest BCUT2D eigenvalue weighted by atomic mass is 16.3. The number of aryl methyl sites for hydroxylation is 1. The van der Waals surface area contributed by atoms with Gasteiger partial charge in [-0.1, -0.05) is 39.8 Å². The summed E-state index contributed by atoms with van der Waals surface area (Å²) < 4.78 is 5.97. The van der Waals surface area contributed by atoms with Gasteiger partial charge in [0.1, 0.15) is 5.76 Å². The number of hydrogen-bond acceptors (Lipinski definition) is 3. The lowest BCUT2D eigenvalue weighted by Crippen LogP contribution is -2.40. The van der Waals surface area contributed by atoms with E-state index in [0.717, 1.165) is 31.4 Å². The molecule has 1 heterocycles. The van der Waals surface area contributed by atoms with Crippen LogP contribution in [-0.2, 0) is 17.3 Å². The second kappa shape index (κ2) is 8.12. The number of fused-ring (bicyclic) bond motifs is 1. The summed E-state index contributed by atoms with van der Waals surface area (Å²) in [7, 11) is 0. The molecule has 0 bridgehead atoms. The van der Waals surface area contributed by atoms with Crippen molar-refractivity contribution in [1.29, 1.82) is 0 Å².